The number of hydrogen-bond acceptors (Lipinski definition) is 4. The van der Waals surface area contributed by atoms with E-state index in [0.717, 1.165) is 34.4 Å². The Kier molecular flexibility index (Phi) is 6.33. The first kappa shape index (κ1) is 23.7. The van der Waals surface area contributed by atoms with Crippen molar-refractivity contribution in [2.75, 3.05) is 26.2 Å². The van der Waals surface area contributed by atoms with Gasteiger partial charge in [0.25, 0.3) is 5.91 Å². The fourth-order valence-corrected chi connectivity index (χ4v) is 4.44. The monoisotopic (exact) mass is 473 g/mol. The second kappa shape index (κ2) is 9.08. The Labute approximate surface area is 195 Å². The number of fused-ring (bicyclic) bond motifs is 1. The van der Waals surface area contributed by atoms with Crippen molar-refractivity contribution in [2.45, 2.75) is 39.8 Å². The van der Waals surface area contributed by atoms with E-state index in [0.29, 0.717) is 6.42 Å². The molecule has 0 N–H and O–H groups in total. The summed E-state index contributed by atoms with van der Waals surface area (Å²) in [5.41, 5.74) is 3.11. The zero-order valence-electron chi connectivity index (χ0n) is 19.3. The van der Waals surface area contributed by atoms with Crippen molar-refractivity contribution in [3.63, 3.8) is 0 Å². The van der Waals surface area contributed by atoms with Gasteiger partial charge in [-0.25, -0.2) is 9.50 Å². The predicted octanol–water partition coefficient (Wildman–Crippen LogP) is 3.59. The highest BCUT2D eigenvalue weighted by Crippen LogP contribution is 2.32. The quantitative estimate of drug-likeness (QED) is 0.581. The van der Waals surface area contributed by atoms with E-state index >= 15 is 0 Å². The van der Waals surface area contributed by atoms with E-state index in [2.05, 4.69) is 10.1 Å². The van der Waals surface area contributed by atoms with Crippen LogP contribution in [-0.2, 0) is 17.4 Å². The molecule has 2 amide bonds. The normalized spacial score (nSPS) is 14.6. The van der Waals surface area contributed by atoms with Gasteiger partial charge >= 0.3 is 6.18 Å². The fourth-order valence-electron chi connectivity index (χ4n) is 4.44. The summed E-state index contributed by atoms with van der Waals surface area (Å²) >= 11 is 0. The van der Waals surface area contributed by atoms with E-state index in [1.165, 1.54) is 23.1 Å². The summed E-state index contributed by atoms with van der Waals surface area (Å²) in [7, 11) is 0. The van der Waals surface area contributed by atoms with Gasteiger partial charge in [0.05, 0.1) is 16.8 Å². The van der Waals surface area contributed by atoms with E-state index in [1.54, 1.807) is 9.42 Å². The molecule has 2 aromatic heterocycles. The number of nitrogens with zero attached hydrogens (tertiary/aromatic N) is 5. The average molecular weight is 473 g/mol. The van der Waals surface area contributed by atoms with Crippen molar-refractivity contribution in [2.24, 2.45) is 0 Å². The van der Waals surface area contributed by atoms with Crippen molar-refractivity contribution in [1.82, 2.24) is 24.4 Å². The van der Waals surface area contributed by atoms with E-state index in [9.17, 15) is 22.8 Å². The number of alkyl halides is 3. The molecule has 180 valence electrons. The highest BCUT2D eigenvalue weighted by molar-refractivity contribution is 5.96. The van der Waals surface area contributed by atoms with Gasteiger partial charge in [0.1, 0.15) is 0 Å². The number of benzene rings is 1. The predicted molar refractivity (Wildman–Crippen MR) is 119 cm³/mol. The lowest BCUT2D eigenvalue weighted by atomic mass is 10.0. The van der Waals surface area contributed by atoms with Gasteiger partial charge in [-0.3, -0.25) is 9.59 Å². The van der Waals surface area contributed by atoms with Gasteiger partial charge in [-0.1, -0.05) is 12.1 Å². The number of carbonyl (C=O) groups is 2. The largest absolute Gasteiger partial charge is 0.417 e. The zero-order chi connectivity index (χ0) is 24.6. The summed E-state index contributed by atoms with van der Waals surface area (Å²) in [6.45, 7) is 6.72. The maximum atomic E-state index is 13.3. The summed E-state index contributed by atoms with van der Waals surface area (Å²) in [5.74, 6) is -0.724. The third kappa shape index (κ3) is 4.62. The summed E-state index contributed by atoms with van der Waals surface area (Å²) in [4.78, 5) is 33.2. The molecule has 1 aliphatic rings. The molecule has 0 atom stereocenters. The highest BCUT2D eigenvalue weighted by Gasteiger charge is 2.36. The molecular weight excluding hydrogens is 447 g/mol. The minimum Gasteiger partial charge on any atom is -0.339 e. The third-order valence-electron chi connectivity index (χ3n) is 6.26. The van der Waals surface area contributed by atoms with Crippen LogP contribution in [0, 0.1) is 20.8 Å². The number of rotatable bonds is 4. The Bertz CT molecular complexity index is 1240. The molecule has 0 aliphatic carbocycles. The Morgan fingerprint density at radius 3 is 2.32 bits per heavy atom. The number of aromatic nitrogens is 3. The zero-order valence-corrected chi connectivity index (χ0v) is 19.3. The van der Waals surface area contributed by atoms with Crippen molar-refractivity contribution in [1.29, 1.82) is 0 Å². The van der Waals surface area contributed by atoms with Gasteiger partial charge < -0.3 is 9.80 Å². The molecule has 3 heterocycles. The molecular formula is C24H26F3N5O2. The number of carbonyl (C=O) groups excluding carboxylic acids is 2. The first-order chi connectivity index (χ1) is 16.1. The molecule has 10 heteroatoms. The van der Waals surface area contributed by atoms with Gasteiger partial charge in [0, 0.05) is 50.1 Å². The molecule has 1 aromatic carbocycles. The topological polar surface area (TPSA) is 70.8 Å². The number of amides is 2. The van der Waals surface area contributed by atoms with Crippen LogP contribution in [0.3, 0.4) is 0 Å². The second-order valence-electron chi connectivity index (χ2n) is 8.53. The molecule has 0 saturated carbocycles. The smallest absolute Gasteiger partial charge is 0.339 e. The molecule has 0 unspecified atom stereocenters. The first-order valence-electron chi connectivity index (χ1n) is 11.1. The molecule has 3 aromatic rings. The lowest BCUT2D eigenvalue weighted by molar-refractivity contribution is -0.138. The highest BCUT2D eigenvalue weighted by atomic mass is 19.4. The average Bonchev–Trinajstić information content (AvgIpc) is 3.18. The summed E-state index contributed by atoms with van der Waals surface area (Å²) in [6, 6.07) is 6.69. The van der Waals surface area contributed by atoms with E-state index in [4.69, 9.17) is 0 Å². The minimum atomic E-state index is -4.60. The van der Waals surface area contributed by atoms with E-state index in [-0.39, 0.29) is 44.1 Å². The van der Waals surface area contributed by atoms with E-state index < -0.39 is 17.6 Å². The van der Waals surface area contributed by atoms with Crippen molar-refractivity contribution in [3.05, 3.63) is 64.1 Å². The first-order valence-corrected chi connectivity index (χ1v) is 11.1. The van der Waals surface area contributed by atoms with Crippen LogP contribution >= 0.6 is 0 Å². The Morgan fingerprint density at radius 1 is 1.00 bits per heavy atom. The van der Waals surface area contributed by atoms with Crippen LogP contribution in [0.5, 0.6) is 0 Å². The minimum absolute atomic E-state index is 0.0571. The summed E-state index contributed by atoms with van der Waals surface area (Å²) < 4.78 is 41.6. The molecule has 0 bridgehead atoms. The van der Waals surface area contributed by atoms with Gasteiger partial charge in [0.15, 0.2) is 5.65 Å². The lowest BCUT2D eigenvalue weighted by Crippen LogP contribution is -2.50. The van der Waals surface area contributed by atoms with E-state index in [1.807, 2.05) is 26.8 Å². The SMILES string of the molecule is Cc1cc2nc(C)c(CCC(=O)N3CCN(C(=O)c4ccccc4C(F)(F)F)CC3)c(C)n2n1. The number of hydrogen-bond donors (Lipinski definition) is 0. The molecule has 1 aliphatic heterocycles. The van der Waals surface area contributed by atoms with Crippen LogP contribution in [0.4, 0.5) is 13.2 Å². The maximum Gasteiger partial charge on any atom is 0.417 e. The number of aryl methyl sites for hydroxylation is 3. The molecule has 0 radical (unpaired) electrons. The van der Waals surface area contributed by atoms with Gasteiger partial charge in [-0.15, -0.1) is 0 Å². The Balaban J connectivity index is 1.38. The second-order valence-corrected chi connectivity index (χ2v) is 8.53. The summed E-state index contributed by atoms with van der Waals surface area (Å²) in [6.07, 6.45) is -3.82. The fraction of sp³-hybridized carbons (Fsp3) is 0.417. The van der Waals surface area contributed by atoms with Crippen molar-refractivity contribution in [3.8, 4) is 0 Å². The van der Waals surface area contributed by atoms with Gasteiger partial charge in [-0.05, 0) is 44.9 Å². The molecule has 1 saturated heterocycles. The Hall–Kier alpha value is -3.43. The standard InChI is InChI=1S/C24H26F3N5O2/c1-15-14-21-28-16(2)18(17(3)32(21)29-15)8-9-22(33)30-10-12-31(13-11-30)23(34)19-6-4-5-7-20(19)24(25,26)27/h4-7,14H,8-13H2,1-3H3. The van der Waals surface area contributed by atoms with Crippen LogP contribution in [0.25, 0.3) is 5.65 Å². The van der Waals surface area contributed by atoms with Crippen molar-refractivity contribution >= 4 is 17.5 Å². The van der Waals surface area contributed by atoms with Gasteiger partial charge in [-0.2, -0.15) is 18.3 Å². The van der Waals surface area contributed by atoms with Crippen LogP contribution in [0.1, 0.15) is 45.0 Å². The van der Waals surface area contributed by atoms with Crippen LogP contribution in [0.15, 0.2) is 30.3 Å². The van der Waals surface area contributed by atoms with Crippen LogP contribution < -0.4 is 0 Å². The maximum absolute atomic E-state index is 13.3. The molecule has 7 nitrogen and oxygen atoms in total. The molecule has 34 heavy (non-hydrogen) atoms. The molecule has 0 spiro atoms. The van der Waals surface area contributed by atoms with Crippen LogP contribution in [0.2, 0.25) is 0 Å². The van der Waals surface area contributed by atoms with Crippen LogP contribution in [-0.4, -0.2) is 62.4 Å². The van der Waals surface area contributed by atoms with Crippen molar-refractivity contribution < 1.29 is 22.8 Å². The molecule has 4 rings (SSSR count). The Morgan fingerprint density at radius 2 is 1.65 bits per heavy atom. The number of halogens is 3. The molecule has 1 fully saturated rings. The number of piperazine rings is 1. The summed E-state index contributed by atoms with van der Waals surface area (Å²) in [5, 5.41) is 4.45. The third-order valence-corrected chi connectivity index (χ3v) is 6.26. The van der Waals surface area contributed by atoms with Gasteiger partial charge in [0.2, 0.25) is 5.91 Å². The lowest BCUT2D eigenvalue weighted by Gasteiger charge is -2.35.